The fourth-order valence-electron chi connectivity index (χ4n) is 7.37. The molecule has 0 aliphatic rings. The van der Waals surface area contributed by atoms with E-state index in [0.29, 0.717) is 17.5 Å². The van der Waals surface area contributed by atoms with Gasteiger partial charge >= 0.3 is 0 Å². The van der Waals surface area contributed by atoms with E-state index in [2.05, 4.69) is 170 Å². The van der Waals surface area contributed by atoms with Crippen molar-refractivity contribution in [3.63, 3.8) is 0 Å². The molecule has 0 spiro atoms. The fourth-order valence-corrected chi connectivity index (χ4v) is 8.58. The van der Waals surface area contributed by atoms with Crippen LogP contribution in [0.25, 0.3) is 98.5 Å². The van der Waals surface area contributed by atoms with Gasteiger partial charge in [-0.1, -0.05) is 170 Å². The summed E-state index contributed by atoms with van der Waals surface area (Å²) >= 11 is 1.79. The van der Waals surface area contributed by atoms with Crippen molar-refractivity contribution >= 4 is 42.3 Å². The van der Waals surface area contributed by atoms with E-state index in [-0.39, 0.29) is 0 Å². The molecule has 0 N–H and O–H groups in total. The Morgan fingerprint density at radius 2 is 0.774 bits per heavy atom. The topological polar surface area (TPSA) is 38.7 Å². The molecule has 3 nitrogen and oxygen atoms in total. The van der Waals surface area contributed by atoms with Gasteiger partial charge < -0.3 is 0 Å². The normalized spacial score (nSPS) is 11.4. The van der Waals surface area contributed by atoms with E-state index in [9.17, 15) is 0 Å². The number of fused-ring (bicyclic) bond motifs is 4. The van der Waals surface area contributed by atoms with Crippen LogP contribution in [0.2, 0.25) is 0 Å². The minimum absolute atomic E-state index is 0.649. The molecule has 4 heteroatoms. The van der Waals surface area contributed by atoms with Crippen molar-refractivity contribution in [3.05, 3.63) is 188 Å². The van der Waals surface area contributed by atoms with Crippen LogP contribution in [-0.2, 0) is 0 Å². The molecule has 0 atom stereocenters. The van der Waals surface area contributed by atoms with E-state index in [1.165, 1.54) is 53.2 Å². The third-order valence-electron chi connectivity index (χ3n) is 9.97. The molecular formula is C49H31N3S. The third kappa shape index (κ3) is 5.66. The first kappa shape index (κ1) is 31.0. The Morgan fingerprint density at radius 1 is 0.283 bits per heavy atom. The molecule has 0 radical (unpaired) electrons. The molecule has 0 aliphatic heterocycles. The number of hydrogen-bond donors (Lipinski definition) is 0. The number of aromatic nitrogens is 3. The van der Waals surface area contributed by atoms with Gasteiger partial charge in [0.15, 0.2) is 17.5 Å². The molecular weight excluding hydrogens is 663 g/mol. The lowest BCUT2D eigenvalue weighted by Crippen LogP contribution is -2.00. The molecule has 2 aromatic heterocycles. The van der Waals surface area contributed by atoms with Gasteiger partial charge in [-0.2, -0.15) is 0 Å². The van der Waals surface area contributed by atoms with Gasteiger partial charge in [-0.15, -0.1) is 11.3 Å². The zero-order chi connectivity index (χ0) is 35.1. The van der Waals surface area contributed by atoms with Crippen LogP contribution in [0.15, 0.2) is 188 Å². The van der Waals surface area contributed by atoms with Crippen LogP contribution >= 0.6 is 11.3 Å². The number of thiophene rings is 1. The lowest BCUT2D eigenvalue weighted by Gasteiger charge is -2.13. The van der Waals surface area contributed by atoms with Crippen molar-refractivity contribution in [1.29, 1.82) is 0 Å². The van der Waals surface area contributed by atoms with E-state index < -0.39 is 0 Å². The summed E-state index contributed by atoms with van der Waals surface area (Å²) in [6.45, 7) is 0. The van der Waals surface area contributed by atoms with Crippen LogP contribution in [0.4, 0.5) is 0 Å². The second-order valence-corrected chi connectivity index (χ2v) is 14.2. The molecule has 0 amide bonds. The maximum atomic E-state index is 5.15. The lowest BCUT2D eigenvalue weighted by atomic mass is 9.91. The second kappa shape index (κ2) is 13.1. The minimum atomic E-state index is 0.649. The highest BCUT2D eigenvalue weighted by atomic mass is 32.1. The maximum absolute atomic E-state index is 5.15. The third-order valence-corrected chi connectivity index (χ3v) is 11.2. The summed E-state index contributed by atoms with van der Waals surface area (Å²) in [5, 5.41) is 4.97. The van der Waals surface area contributed by atoms with Gasteiger partial charge in [0.2, 0.25) is 0 Å². The van der Waals surface area contributed by atoms with Crippen molar-refractivity contribution in [2.45, 2.75) is 0 Å². The summed E-state index contributed by atoms with van der Waals surface area (Å²) in [4.78, 5) is 15.3. The predicted molar refractivity (Wildman–Crippen MR) is 223 cm³/mol. The average molecular weight is 694 g/mol. The highest BCUT2D eigenvalue weighted by Crippen LogP contribution is 2.40. The Hall–Kier alpha value is -6.75. The molecule has 8 aromatic carbocycles. The summed E-state index contributed by atoms with van der Waals surface area (Å²) in [7, 11) is 0. The molecule has 10 aromatic rings. The summed E-state index contributed by atoms with van der Waals surface area (Å²) < 4.78 is 2.44. The van der Waals surface area contributed by atoms with Crippen molar-refractivity contribution in [3.8, 4) is 67.5 Å². The summed E-state index contributed by atoms with van der Waals surface area (Å²) in [6, 6.07) is 66.4. The largest absolute Gasteiger partial charge is 0.208 e. The van der Waals surface area contributed by atoms with E-state index in [1.807, 2.05) is 18.2 Å². The number of hydrogen-bond acceptors (Lipinski definition) is 4. The first-order chi connectivity index (χ1) is 26.3. The quantitative estimate of drug-likeness (QED) is 0.174. The van der Waals surface area contributed by atoms with Crippen LogP contribution in [-0.4, -0.2) is 15.0 Å². The molecule has 248 valence electrons. The van der Waals surface area contributed by atoms with Crippen LogP contribution in [0.3, 0.4) is 0 Å². The molecule has 0 unspecified atom stereocenters. The molecule has 10 rings (SSSR count). The summed E-state index contributed by atoms with van der Waals surface area (Å²) in [5.41, 5.74) is 10.0. The second-order valence-electron chi connectivity index (χ2n) is 13.2. The first-order valence-electron chi connectivity index (χ1n) is 17.8. The average Bonchev–Trinajstić information content (AvgIpc) is 3.63. The lowest BCUT2D eigenvalue weighted by molar-refractivity contribution is 1.08. The maximum Gasteiger partial charge on any atom is 0.165 e. The van der Waals surface area contributed by atoms with E-state index >= 15 is 0 Å². The van der Waals surface area contributed by atoms with Gasteiger partial charge in [0, 0.05) is 36.9 Å². The zero-order valence-corrected chi connectivity index (χ0v) is 29.5. The Morgan fingerprint density at radius 3 is 1.49 bits per heavy atom. The van der Waals surface area contributed by atoms with Gasteiger partial charge in [0.25, 0.3) is 0 Å². The number of benzene rings is 8. The van der Waals surface area contributed by atoms with Crippen molar-refractivity contribution in [1.82, 2.24) is 15.0 Å². The van der Waals surface area contributed by atoms with Crippen molar-refractivity contribution < 1.29 is 0 Å². The standard InChI is InChI=1S/C49H31N3S/c1-3-13-33(14-4-1)38-29-30-39(41-20-8-7-19-40(38)41)34-27-25-32(26-28-34)36-17-11-18-37(31-36)48-50-47(35-15-5-2-6-16-35)51-49(52-48)44-23-12-22-43-42-21-9-10-24-45(42)53-46(43)44/h1-31H. The van der Waals surface area contributed by atoms with Crippen molar-refractivity contribution in [2.75, 3.05) is 0 Å². The summed E-state index contributed by atoms with van der Waals surface area (Å²) in [5.74, 6) is 1.98. The van der Waals surface area contributed by atoms with Gasteiger partial charge in [-0.05, 0) is 62.4 Å². The van der Waals surface area contributed by atoms with E-state index in [4.69, 9.17) is 15.0 Å². The smallest absolute Gasteiger partial charge is 0.165 e. The van der Waals surface area contributed by atoms with Crippen LogP contribution < -0.4 is 0 Å². The Bertz CT molecular complexity index is 2930. The molecule has 0 saturated carbocycles. The van der Waals surface area contributed by atoms with E-state index in [1.54, 1.807) is 11.3 Å². The Balaban J connectivity index is 1.04. The van der Waals surface area contributed by atoms with Gasteiger partial charge in [0.05, 0.1) is 0 Å². The van der Waals surface area contributed by atoms with Crippen LogP contribution in [0.5, 0.6) is 0 Å². The molecule has 0 aliphatic carbocycles. The SMILES string of the molecule is c1ccc(-c2nc(-c3cccc(-c4ccc(-c5ccc(-c6ccccc6)c6ccccc56)cc4)c3)nc(-c3cccc4c3sc3ccccc34)n2)cc1. The first-order valence-corrected chi connectivity index (χ1v) is 18.6. The highest BCUT2D eigenvalue weighted by Gasteiger charge is 2.17. The van der Waals surface area contributed by atoms with Gasteiger partial charge in [-0.3, -0.25) is 0 Å². The zero-order valence-electron chi connectivity index (χ0n) is 28.6. The monoisotopic (exact) mass is 693 g/mol. The molecule has 0 saturated heterocycles. The summed E-state index contributed by atoms with van der Waals surface area (Å²) in [6.07, 6.45) is 0. The Kier molecular flexibility index (Phi) is 7.67. The number of nitrogens with zero attached hydrogens (tertiary/aromatic N) is 3. The van der Waals surface area contributed by atoms with Crippen LogP contribution in [0.1, 0.15) is 0 Å². The molecule has 0 bridgehead atoms. The van der Waals surface area contributed by atoms with Gasteiger partial charge in [0.1, 0.15) is 0 Å². The van der Waals surface area contributed by atoms with Crippen LogP contribution in [0, 0.1) is 0 Å². The molecule has 53 heavy (non-hydrogen) atoms. The fraction of sp³-hybridized carbons (Fsp3) is 0. The van der Waals surface area contributed by atoms with Gasteiger partial charge in [-0.25, -0.2) is 15.0 Å². The molecule has 0 fully saturated rings. The molecule has 2 heterocycles. The minimum Gasteiger partial charge on any atom is -0.208 e. The highest BCUT2D eigenvalue weighted by molar-refractivity contribution is 7.26. The van der Waals surface area contributed by atoms with E-state index in [0.717, 1.165) is 27.8 Å². The number of rotatable bonds is 6. The van der Waals surface area contributed by atoms with Crippen molar-refractivity contribution in [2.24, 2.45) is 0 Å². The predicted octanol–water partition coefficient (Wildman–Crippen LogP) is 13.4. The Labute approximate surface area is 311 Å².